The number of hydrogen-bond acceptors (Lipinski definition) is 4. The predicted molar refractivity (Wildman–Crippen MR) is 48.8 cm³/mol. The lowest BCUT2D eigenvalue weighted by molar-refractivity contribution is -0.274. The SMILES string of the molecule is COC(=O)c1cc(F)cc(N)c1OC(F)(F)F. The molecule has 2 N–H and O–H groups in total. The van der Waals surface area contributed by atoms with Crippen LogP contribution in [-0.2, 0) is 4.74 Å². The van der Waals surface area contributed by atoms with E-state index in [2.05, 4.69) is 9.47 Å². The number of carbonyl (C=O) groups is 1. The summed E-state index contributed by atoms with van der Waals surface area (Å²) in [5, 5.41) is 0. The van der Waals surface area contributed by atoms with Gasteiger partial charge < -0.3 is 15.2 Å². The standard InChI is InChI=1S/C9H7F4NO3/c1-16-8(15)5-2-4(10)3-6(14)7(5)17-9(11,12)13/h2-3H,14H2,1H3. The summed E-state index contributed by atoms with van der Waals surface area (Å²) in [4.78, 5) is 11.1. The van der Waals surface area contributed by atoms with Crippen molar-refractivity contribution in [3.63, 3.8) is 0 Å². The largest absolute Gasteiger partial charge is 0.573 e. The monoisotopic (exact) mass is 253 g/mol. The molecule has 0 radical (unpaired) electrons. The molecule has 0 spiro atoms. The summed E-state index contributed by atoms with van der Waals surface area (Å²) >= 11 is 0. The number of nitrogen functional groups attached to an aromatic ring is 1. The fourth-order valence-electron chi connectivity index (χ4n) is 1.11. The fourth-order valence-corrected chi connectivity index (χ4v) is 1.11. The fraction of sp³-hybridized carbons (Fsp3) is 0.222. The highest BCUT2D eigenvalue weighted by atomic mass is 19.4. The Bertz CT molecular complexity index is 445. The van der Waals surface area contributed by atoms with Crippen LogP contribution in [0.25, 0.3) is 0 Å². The van der Waals surface area contributed by atoms with Crippen molar-refractivity contribution in [2.24, 2.45) is 0 Å². The number of esters is 1. The Morgan fingerprint density at radius 3 is 2.41 bits per heavy atom. The number of carbonyl (C=O) groups excluding carboxylic acids is 1. The molecule has 4 nitrogen and oxygen atoms in total. The van der Waals surface area contributed by atoms with Gasteiger partial charge in [-0.05, 0) is 6.07 Å². The van der Waals surface area contributed by atoms with Crippen molar-refractivity contribution in [3.8, 4) is 5.75 Å². The van der Waals surface area contributed by atoms with E-state index in [1.165, 1.54) is 0 Å². The number of alkyl halides is 3. The molecule has 0 atom stereocenters. The lowest BCUT2D eigenvalue weighted by atomic mass is 10.1. The quantitative estimate of drug-likeness (QED) is 0.498. The molecule has 0 fully saturated rings. The number of halogens is 4. The zero-order chi connectivity index (χ0) is 13.2. The van der Waals surface area contributed by atoms with E-state index in [-0.39, 0.29) is 0 Å². The topological polar surface area (TPSA) is 61.5 Å². The lowest BCUT2D eigenvalue weighted by Crippen LogP contribution is -2.20. The third-order valence-electron chi connectivity index (χ3n) is 1.71. The zero-order valence-electron chi connectivity index (χ0n) is 8.47. The number of nitrogens with two attached hydrogens (primary N) is 1. The highest BCUT2D eigenvalue weighted by molar-refractivity contribution is 5.94. The van der Waals surface area contributed by atoms with Crippen molar-refractivity contribution in [2.75, 3.05) is 12.8 Å². The molecule has 0 aliphatic carbocycles. The molecule has 0 amide bonds. The minimum Gasteiger partial charge on any atom is -0.465 e. The van der Waals surface area contributed by atoms with E-state index in [0.717, 1.165) is 7.11 Å². The molecule has 0 aliphatic heterocycles. The van der Waals surface area contributed by atoms with Gasteiger partial charge in [-0.1, -0.05) is 0 Å². The van der Waals surface area contributed by atoms with Crippen molar-refractivity contribution in [1.29, 1.82) is 0 Å². The van der Waals surface area contributed by atoms with Crippen molar-refractivity contribution in [1.82, 2.24) is 0 Å². The van der Waals surface area contributed by atoms with Gasteiger partial charge >= 0.3 is 12.3 Å². The Kier molecular flexibility index (Phi) is 3.45. The molecule has 17 heavy (non-hydrogen) atoms. The van der Waals surface area contributed by atoms with Gasteiger partial charge in [0.1, 0.15) is 11.4 Å². The van der Waals surface area contributed by atoms with Crippen LogP contribution in [0.1, 0.15) is 10.4 Å². The molecule has 0 unspecified atom stereocenters. The molecule has 0 bridgehead atoms. The first kappa shape index (κ1) is 13.1. The van der Waals surface area contributed by atoms with Crippen LogP contribution < -0.4 is 10.5 Å². The van der Waals surface area contributed by atoms with Crippen molar-refractivity contribution in [3.05, 3.63) is 23.5 Å². The van der Waals surface area contributed by atoms with Gasteiger partial charge in [-0.25, -0.2) is 9.18 Å². The van der Waals surface area contributed by atoms with Gasteiger partial charge in [0.05, 0.1) is 12.8 Å². The molecule has 1 aromatic carbocycles. The van der Waals surface area contributed by atoms with Crippen molar-refractivity contribution < 1.29 is 31.8 Å². The molecule has 1 aromatic rings. The molecular formula is C9H7F4NO3. The third-order valence-corrected chi connectivity index (χ3v) is 1.71. The Labute approximate surface area is 92.9 Å². The van der Waals surface area contributed by atoms with E-state index in [4.69, 9.17) is 5.73 Å². The summed E-state index contributed by atoms with van der Waals surface area (Å²) in [6.07, 6.45) is -5.05. The van der Waals surface area contributed by atoms with Crippen LogP contribution in [0.15, 0.2) is 12.1 Å². The second-order valence-electron chi connectivity index (χ2n) is 2.91. The van der Waals surface area contributed by atoms with Crippen molar-refractivity contribution >= 4 is 11.7 Å². The first-order valence-corrected chi connectivity index (χ1v) is 4.17. The average molecular weight is 253 g/mol. The minimum atomic E-state index is -5.05. The molecule has 0 heterocycles. The summed E-state index contributed by atoms with van der Waals surface area (Å²) < 4.78 is 56.8. The summed E-state index contributed by atoms with van der Waals surface area (Å²) in [7, 11) is 0.931. The molecule has 8 heteroatoms. The van der Waals surface area contributed by atoms with Gasteiger partial charge in [-0.3, -0.25) is 0 Å². The van der Waals surface area contributed by atoms with E-state index in [9.17, 15) is 22.4 Å². The maximum atomic E-state index is 12.9. The first-order valence-electron chi connectivity index (χ1n) is 4.17. The average Bonchev–Trinajstić information content (AvgIpc) is 2.19. The van der Waals surface area contributed by atoms with Crippen LogP contribution in [0.4, 0.5) is 23.2 Å². The lowest BCUT2D eigenvalue weighted by Gasteiger charge is -2.14. The number of rotatable bonds is 2. The zero-order valence-corrected chi connectivity index (χ0v) is 8.47. The number of benzene rings is 1. The number of ether oxygens (including phenoxy) is 2. The number of hydrogen-bond donors (Lipinski definition) is 1. The summed E-state index contributed by atoms with van der Waals surface area (Å²) in [5.41, 5.74) is 3.76. The van der Waals surface area contributed by atoms with Gasteiger partial charge in [0.15, 0.2) is 5.75 Å². The molecular weight excluding hydrogens is 246 g/mol. The van der Waals surface area contributed by atoms with Gasteiger partial charge in [0.2, 0.25) is 0 Å². The van der Waals surface area contributed by atoms with E-state index < -0.39 is 35.1 Å². The highest BCUT2D eigenvalue weighted by Gasteiger charge is 2.34. The predicted octanol–water partition coefficient (Wildman–Crippen LogP) is 2.09. The highest BCUT2D eigenvalue weighted by Crippen LogP contribution is 2.33. The number of methoxy groups -OCH3 is 1. The maximum Gasteiger partial charge on any atom is 0.573 e. The van der Waals surface area contributed by atoms with E-state index in [1.54, 1.807) is 0 Å². The molecule has 0 aromatic heterocycles. The van der Waals surface area contributed by atoms with E-state index >= 15 is 0 Å². The minimum absolute atomic E-state index is 0.545. The van der Waals surface area contributed by atoms with Gasteiger partial charge in [-0.15, -0.1) is 13.2 Å². The second-order valence-corrected chi connectivity index (χ2v) is 2.91. The van der Waals surface area contributed by atoms with E-state index in [1.807, 2.05) is 0 Å². The smallest absolute Gasteiger partial charge is 0.465 e. The normalized spacial score (nSPS) is 11.1. The third kappa shape index (κ3) is 3.23. The Morgan fingerprint density at radius 2 is 1.94 bits per heavy atom. The molecule has 1 rings (SSSR count). The van der Waals surface area contributed by atoms with Gasteiger partial charge in [0.25, 0.3) is 0 Å². The maximum absolute atomic E-state index is 12.9. The van der Waals surface area contributed by atoms with Crippen LogP contribution in [0.5, 0.6) is 5.75 Å². The molecule has 0 aliphatic rings. The Balaban J connectivity index is 3.30. The van der Waals surface area contributed by atoms with Crippen LogP contribution in [0.3, 0.4) is 0 Å². The van der Waals surface area contributed by atoms with Gasteiger partial charge in [0, 0.05) is 6.07 Å². The Morgan fingerprint density at radius 1 is 1.35 bits per heavy atom. The van der Waals surface area contributed by atoms with E-state index in [0.29, 0.717) is 12.1 Å². The van der Waals surface area contributed by atoms with Crippen molar-refractivity contribution in [2.45, 2.75) is 6.36 Å². The summed E-state index contributed by atoms with van der Waals surface area (Å²) in [6, 6.07) is 1.15. The molecule has 94 valence electrons. The second kappa shape index (κ2) is 4.48. The summed E-state index contributed by atoms with van der Waals surface area (Å²) in [5.74, 6) is -3.14. The summed E-state index contributed by atoms with van der Waals surface area (Å²) in [6.45, 7) is 0. The van der Waals surface area contributed by atoms with Crippen LogP contribution in [-0.4, -0.2) is 19.4 Å². The van der Waals surface area contributed by atoms with Crippen LogP contribution in [0, 0.1) is 5.82 Å². The first-order chi connectivity index (χ1) is 7.74. The van der Waals surface area contributed by atoms with Crippen LogP contribution >= 0.6 is 0 Å². The molecule has 0 saturated heterocycles. The molecule has 0 saturated carbocycles. The van der Waals surface area contributed by atoms with Gasteiger partial charge in [-0.2, -0.15) is 0 Å². The Hall–Kier alpha value is -1.99. The van der Waals surface area contributed by atoms with Crippen LogP contribution in [0.2, 0.25) is 0 Å². The number of anilines is 1.